The summed E-state index contributed by atoms with van der Waals surface area (Å²) in [5, 5.41) is 2.75. The molecule has 11 heteroatoms. The molecule has 2 amide bonds. The van der Waals surface area contributed by atoms with Crippen LogP contribution >= 0.6 is 11.3 Å². The number of amides is 2. The first-order valence-corrected chi connectivity index (χ1v) is 11.6. The van der Waals surface area contributed by atoms with Crippen LogP contribution in [0.3, 0.4) is 0 Å². The van der Waals surface area contributed by atoms with Gasteiger partial charge >= 0.3 is 6.18 Å². The first kappa shape index (κ1) is 23.9. The predicted molar refractivity (Wildman–Crippen MR) is 123 cm³/mol. The second-order valence-electron chi connectivity index (χ2n) is 8.55. The highest BCUT2D eigenvalue weighted by molar-refractivity contribution is 7.18. The molecule has 0 saturated carbocycles. The minimum atomic E-state index is -4.63. The van der Waals surface area contributed by atoms with Crippen molar-refractivity contribution >= 4 is 39.1 Å². The molecule has 2 heterocycles. The van der Waals surface area contributed by atoms with Crippen molar-refractivity contribution in [2.45, 2.75) is 38.9 Å². The number of para-hydroxylation sites is 1. The highest BCUT2D eigenvalue weighted by atomic mass is 32.1. The Morgan fingerprint density at radius 2 is 2.03 bits per heavy atom. The maximum Gasteiger partial charge on any atom is 0.418 e. The number of fused-ring (bicyclic) bond motifs is 3. The Balaban J connectivity index is 1.46. The summed E-state index contributed by atoms with van der Waals surface area (Å²) in [5.74, 6) is -0.776. The van der Waals surface area contributed by atoms with Crippen LogP contribution in [0.15, 0.2) is 35.4 Å². The zero-order chi connectivity index (χ0) is 24.6. The van der Waals surface area contributed by atoms with Gasteiger partial charge in [-0.3, -0.25) is 19.0 Å². The Bertz CT molecular complexity index is 1320. The molecule has 1 aliphatic carbocycles. The topological polar surface area (TPSA) is 84.3 Å². The highest BCUT2D eigenvalue weighted by Gasteiger charge is 2.33. The summed E-state index contributed by atoms with van der Waals surface area (Å²) in [7, 11) is 1.35. The van der Waals surface area contributed by atoms with Gasteiger partial charge in [0.15, 0.2) is 0 Å². The molecule has 0 spiro atoms. The maximum atomic E-state index is 13.1. The number of carbonyl (C=O) groups is 2. The fourth-order valence-electron chi connectivity index (χ4n) is 4.08. The number of carbonyl (C=O) groups excluding carboxylic acids is 2. The number of likely N-dealkylation sites (N-methyl/N-ethyl adjacent to an activating group) is 1. The third kappa shape index (κ3) is 4.84. The van der Waals surface area contributed by atoms with Gasteiger partial charge in [-0.2, -0.15) is 13.2 Å². The van der Waals surface area contributed by atoms with Crippen molar-refractivity contribution in [3.8, 4) is 0 Å². The summed E-state index contributed by atoms with van der Waals surface area (Å²) in [5.41, 5.74) is -0.657. The third-order valence-electron chi connectivity index (χ3n) is 5.90. The van der Waals surface area contributed by atoms with Crippen LogP contribution in [0.2, 0.25) is 0 Å². The van der Waals surface area contributed by atoms with E-state index in [1.807, 2.05) is 0 Å². The van der Waals surface area contributed by atoms with Crippen LogP contribution < -0.4 is 10.9 Å². The molecule has 1 aromatic carbocycles. The standard InChI is InChI=1S/C23H23F3N4O3S/c1-13-7-8-14-17(9-13)34-21-20(14)22(33)30(12-27-21)11-19(32)29(2)10-18(31)28-16-6-4-3-5-15(16)23(24,25)26/h3-6,12-13H,7-11H2,1-2H3,(H,28,31). The number of nitrogens with zero attached hydrogens (tertiary/aromatic N) is 3. The molecule has 180 valence electrons. The lowest BCUT2D eigenvalue weighted by atomic mass is 9.89. The molecular weight excluding hydrogens is 469 g/mol. The number of rotatable bonds is 5. The van der Waals surface area contributed by atoms with E-state index < -0.39 is 30.1 Å². The molecule has 3 aromatic rings. The summed E-state index contributed by atoms with van der Waals surface area (Å²) in [6.45, 7) is 1.37. The van der Waals surface area contributed by atoms with E-state index in [4.69, 9.17) is 0 Å². The van der Waals surface area contributed by atoms with E-state index in [0.717, 1.165) is 46.7 Å². The first-order chi connectivity index (χ1) is 16.0. The van der Waals surface area contributed by atoms with Gasteiger partial charge in [0.25, 0.3) is 5.56 Å². The van der Waals surface area contributed by atoms with Crippen molar-refractivity contribution in [3.05, 3.63) is 57.0 Å². The monoisotopic (exact) mass is 492 g/mol. The molecular formula is C23H23F3N4O3S. The van der Waals surface area contributed by atoms with Gasteiger partial charge in [-0.15, -0.1) is 11.3 Å². The minimum Gasteiger partial charge on any atom is -0.335 e. The Kier molecular flexibility index (Phi) is 6.48. The van der Waals surface area contributed by atoms with Crippen molar-refractivity contribution in [2.75, 3.05) is 18.9 Å². The molecule has 34 heavy (non-hydrogen) atoms. The van der Waals surface area contributed by atoms with Gasteiger partial charge in [0, 0.05) is 11.9 Å². The molecule has 1 atom stereocenters. The third-order valence-corrected chi connectivity index (χ3v) is 7.06. The fraction of sp³-hybridized carbons (Fsp3) is 0.391. The SMILES string of the molecule is CC1CCc2c(sc3ncn(CC(=O)N(C)CC(=O)Nc4ccccc4C(F)(F)F)c(=O)c23)C1. The summed E-state index contributed by atoms with van der Waals surface area (Å²) in [4.78, 5) is 45.3. The zero-order valence-corrected chi connectivity index (χ0v) is 19.4. The van der Waals surface area contributed by atoms with Crippen molar-refractivity contribution in [2.24, 2.45) is 5.92 Å². The van der Waals surface area contributed by atoms with Gasteiger partial charge in [0.2, 0.25) is 11.8 Å². The van der Waals surface area contributed by atoms with E-state index in [9.17, 15) is 27.6 Å². The van der Waals surface area contributed by atoms with Crippen molar-refractivity contribution in [1.29, 1.82) is 0 Å². The zero-order valence-electron chi connectivity index (χ0n) is 18.6. The van der Waals surface area contributed by atoms with Crippen LogP contribution in [0.4, 0.5) is 18.9 Å². The number of anilines is 1. The van der Waals surface area contributed by atoms with Crippen molar-refractivity contribution in [1.82, 2.24) is 14.5 Å². The van der Waals surface area contributed by atoms with Crippen LogP contribution in [0, 0.1) is 5.92 Å². The van der Waals surface area contributed by atoms with Crippen LogP contribution in [0.25, 0.3) is 10.2 Å². The highest BCUT2D eigenvalue weighted by Crippen LogP contribution is 2.36. The van der Waals surface area contributed by atoms with Crippen LogP contribution in [-0.2, 0) is 35.2 Å². The molecule has 4 rings (SSSR count). The smallest absolute Gasteiger partial charge is 0.335 e. The fourth-order valence-corrected chi connectivity index (χ4v) is 5.42. The minimum absolute atomic E-state index is 0.303. The molecule has 0 radical (unpaired) electrons. The van der Waals surface area contributed by atoms with Crippen LogP contribution in [0.1, 0.15) is 29.3 Å². The van der Waals surface area contributed by atoms with E-state index >= 15 is 0 Å². The molecule has 1 N–H and O–H groups in total. The van der Waals surface area contributed by atoms with Gasteiger partial charge in [0.05, 0.1) is 29.5 Å². The number of nitrogens with one attached hydrogen (secondary N) is 1. The summed E-state index contributed by atoms with van der Waals surface area (Å²) < 4.78 is 40.6. The number of alkyl halides is 3. The average molecular weight is 493 g/mol. The van der Waals surface area contributed by atoms with Gasteiger partial charge in [-0.05, 0) is 42.9 Å². The van der Waals surface area contributed by atoms with E-state index in [1.54, 1.807) is 0 Å². The Morgan fingerprint density at radius 3 is 2.76 bits per heavy atom. The van der Waals surface area contributed by atoms with Gasteiger partial charge < -0.3 is 10.2 Å². The van der Waals surface area contributed by atoms with E-state index in [-0.39, 0.29) is 17.8 Å². The lowest BCUT2D eigenvalue weighted by Gasteiger charge is -2.19. The Morgan fingerprint density at radius 1 is 1.29 bits per heavy atom. The maximum absolute atomic E-state index is 13.1. The average Bonchev–Trinajstić information content (AvgIpc) is 3.13. The normalized spacial score (nSPS) is 15.7. The van der Waals surface area contributed by atoms with Crippen LogP contribution in [-0.4, -0.2) is 39.9 Å². The molecule has 2 aromatic heterocycles. The first-order valence-electron chi connectivity index (χ1n) is 10.7. The largest absolute Gasteiger partial charge is 0.418 e. The second kappa shape index (κ2) is 9.21. The van der Waals surface area contributed by atoms with Crippen molar-refractivity contribution < 1.29 is 22.8 Å². The number of halogens is 3. The quantitative estimate of drug-likeness (QED) is 0.589. The summed E-state index contributed by atoms with van der Waals surface area (Å²) >= 11 is 1.51. The summed E-state index contributed by atoms with van der Waals surface area (Å²) in [6.07, 6.45) is -0.616. The lowest BCUT2D eigenvalue weighted by Crippen LogP contribution is -2.38. The Hall–Kier alpha value is -3.21. The lowest BCUT2D eigenvalue weighted by molar-refractivity contribution is -0.137. The van der Waals surface area contributed by atoms with E-state index in [2.05, 4.69) is 17.2 Å². The molecule has 7 nitrogen and oxygen atoms in total. The van der Waals surface area contributed by atoms with E-state index in [0.29, 0.717) is 16.1 Å². The van der Waals surface area contributed by atoms with Crippen molar-refractivity contribution in [3.63, 3.8) is 0 Å². The number of hydrogen-bond donors (Lipinski definition) is 1. The molecule has 0 bridgehead atoms. The second-order valence-corrected chi connectivity index (χ2v) is 9.63. The molecule has 0 fully saturated rings. The molecule has 1 unspecified atom stereocenters. The molecule has 0 aliphatic heterocycles. The van der Waals surface area contributed by atoms with Gasteiger partial charge in [-0.25, -0.2) is 4.98 Å². The summed E-state index contributed by atoms with van der Waals surface area (Å²) in [6, 6.07) is 4.61. The molecule has 1 aliphatic rings. The number of hydrogen-bond acceptors (Lipinski definition) is 5. The van der Waals surface area contributed by atoms with Gasteiger partial charge in [0.1, 0.15) is 11.4 Å². The van der Waals surface area contributed by atoms with Crippen LogP contribution in [0.5, 0.6) is 0 Å². The number of thiophene rings is 1. The van der Waals surface area contributed by atoms with E-state index in [1.165, 1.54) is 41.4 Å². The number of benzene rings is 1. The number of aromatic nitrogens is 2. The predicted octanol–water partition coefficient (Wildman–Crippen LogP) is 3.70. The Labute approximate surface area is 197 Å². The number of aryl methyl sites for hydroxylation is 1. The molecule has 0 saturated heterocycles. The van der Waals surface area contributed by atoms with Gasteiger partial charge in [-0.1, -0.05) is 19.1 Å².